The minimum atomic E-state index is 0.737. The Balaban J connectivity index is 2.29. The highest BCUT2D eigenvalue weighted by Crippen LogP contribution is 2.21. The van der Waals surface area contributed by atoms with Gasteiger partial charge in [0.25, 0.3) is 0 Å². The second-order valence-electron chi connectivity index (χ2n) is 4.13. The first-order chi connectivity index (χ1) is 6.27. The van der Waals surface area contributed by atoms with E-state index in [1.54, 1.807) is 5.56 Å². The Labute approximate surface area is 80.2 Å². The lowest BCUT2D eigenvalue weighted by molar-refractivity contribution is -0.676. The molecule has 1 saturated heterocycles. The van der Waals surface area contributed by atoms with Crippen LogP contribution in [0.3, 0.4) is 0 Å². The van der Waals surface area contributed by atoms with Crippen molar-refractivity contribution < 1.29 is 5.32 Å². The first-order valence-electron chi connectivity index (χ1n) is 5.18. The van der Waals surface area contributed by atoms with Crippen LogP contribution in [-0.4, -0.2) is 6.54 Å². The summed E-state index contributed by atoms with van der Waals surface area (Å²) in [5.74, 6) is 0. The van der Waals surface area contributed by atoms with Crippen molar-refractivity contribution in [3.8, 4) is 0 Å². The summed E-state index contributed by atoms with van der Waals surface area (Å²) >= 11 is 0. The average Bonchev–Trinajstić information content (AvgIpc) is 2.56. The van der Waals surface area contributed by atoms with Crippen LogP contribution < -0.4 is 5.32 Å². The largest absolute Gasteiger partial charge is 0.340 e. The second-order valence-corrected chi connectivity index (χ2v) is 4.13. The molecule has 0 saturated carbocycles. The predicted molar refractivity (Wildman–Crippen MR) is 54.7 cm³/mol. The van der Waals surface area contributed by atoms with Crippen LogP contribution in [0.4, 0.5) is 0 Å². The van der Waals surface area contributed by atoms with Crippen molar-refractivity contribution in [3.63, 3.8) is 0 Å². The van der Waals surface area contributed by atoms with E-state index in [4.69, 9.17) is 0 Å². The van der Waals surface area contributed by atoms with E-state index >= 15 is 0 Å². The van der Waals surface area contributed by atoms with E-state index in [0.717, 1.165) is 6.04 Å². The van der Waals surface area contributed by atoms with E-state index in [-0.39, 0.29) is 0 Å². The van der Waals surface area contributed by atoms with Gasteiger partial charge in [-0.25, -0.2) is 0 Å². The molecule has 1 nitrogen and oxygen atoms in total. The fourth-order valence-electron chi connectivity index (χ4n) is 2.30. The van der Waals surface area contributed by atoms with Crippen LogP contribution in [-0.2, 0) is 0 Å². The zero-order valence-corrected chi connectivity index (χ0v) is 8.51. The molecule has 1 aromatic carbocycles. The number of hydrogen-bond acceptors (Lipinski definition) is 0. The van der Waals surface area contributed by atoms with E-state index in [9.17, 15) is 0 Å². The predicted octanol–water partition coefficient (Wildman–Crippen LogP) is 1.70. The fraction of sp³-hybridized carbons (Fsp3) is 0.500. The molecule has 0 spiro atoms. The quantitative estimate of drug-likeness (QED) is 0.670. The van der Waals surface area contributed by atoms with Crippen LogP contribution in [0.15, 0.2) is 18.2 Å². The van der Waals surface area contributed by atoms with E-state index in [1.807, 2.05) is 0 Å². The molecule has 0 aliphatic carbocycles. The minimum Gasteiger partial charge on any atom is -0.340 e. The van der Waals surface area contributed by atoms with Gasteiger partial charge in [-0.3, -0.25) is 0 Å². The Morgan fingerprint density at radius 2 is 2.15 bits per heavy atom. The summed E-state index contributed by atoms with van der Waals surface area (Å²) in [6.07, 6.45) is 2.72. The van der Waals surface area contributed by atoms with Crippen LogP contribution in [0.2, 0.25) is 0 Å². The summed E-state index contributed by atoms with van der Waals surface area (Å²) < 4.78 is 0. The van der Waals surface area contributed by atoms with Gasteiger partial charge in [0.1, 0.15) is 6.04 Å². The molecule has 13 heavy (non-hydrogen) atoms. The van der Waals surface area contributed by atoms with Gasteiger partial charge in [0.05, 0.1) is 6.54 Å². The zero-order valence-electron chi connectivity index (χ0n) is 8.51. The van der Waals surface area contributed by atoms with Gasteiger partial charge in [-0.2, -0.15) is 0 Å². The van der Waals surface area contributed by atoms with Crippen LogP contribution in [0, 0.1) is 13.8 Å². The van der Waals surface area contributed by atoms with Crippen molar-refractivity contribution in [2.75, 3.05) is 6.54 Å². The average molecular weight is 176 g/mol. The van der Waals surface area contributed by atoms with Crippen molar-refractivity contribution in [1.29, 1.82) is 0 Å². The van der Waals surface area contributed by atoms with Crippen LogP contribution in [0.5, 0.6) is 0 Å². The normalized spacial score (nSPS) is 22.2. The van der Waals surface area contributed by atoms with Gasteiger partial charge in [-0.1, -0.05) is 23.8 Å². The van der Waals surface area contributed by atoms with Crippen LogP contribution >= 0.6 is 0 Å². The maximum absolute atomic E-state index is 2.47. The molecule has 1 aliphatic rings. The SMILES string of the molecule is Cc1ccc([C@@H]2CCC[NH2+]2)c(C)c1. The molecule has 70 valence electrons. The molecule has 0 bridgehead atoms. The lowest BCUT2D eigenvalue weighted by atomic mass is 9.98. The Morgan fingerprint density at radius 3 is 2.77 bits per heavy atom. The lowest BCUT2D eigenvalue weighted by Gasteiger charge is -2.11. The van der Waals surface area contributed by atoms with Gasteiger partial charge in [0.2, 0.25) is 0 Å². The van der Waals surface area contributed by atoms with E-state index in [0.29, 0.717) is 0 Å². The van der Waals surface area contributed by atoms with E-state index in [2.05, 4.69) is 37.4 Å². The molecule has 1 aromatic rings. The molecule has 1 aliphatic heterocycles. The number of aryl methyl sites for hydroxylation is 2. The fourth-order valence-corrected chi connectivity index (χ4v) is 2.30. The molecule has 1 fully saturated rings. The third-order valence-electron chi connectivity index (χ3n) is 3.00. The summed E-state index contributed by atoms with van der Waals surface area (Å²) in [6, 6.07) is 7.56. The van der Waals surface area contributed by atoms with E-state index < -0.39 is 0 Å². The van der Waals surface area contributed by atoms with Gasteiger partial charge in [-0.15, -0.1) is 0 Å². The van der Waals surface area contributed by atoms with Gasteiger partial charge in [-0.05, 0) is 19.4 Å². The number of quaternary nitrogens is 1. The molecular weight excluding hydrogens is 158 g/mol. The highest BCUT2D eigenvalue weighted by atomic mass is 14.9. The summed E-state index contributed by atoms with van der Waals surface area (Å²) in [6.45, 7) is 5.70. The van der Waals surface area contributed by atoms with Gasteiger partial charge in [0, 0.05) is 18.4 Å². The molecule has 0 radical (unpaired) electrons. The molecule has 1 heterocycles. The van der Waals surface area contributed by atoms with Crippen LogP contribution in [0.1, 0.15) is 35.6 Å². The Hall–Kier alpha value is -0.820. The van der Waals surface area contributed by atoms with Gasteiger partial charge < -0.3 is 5.32 Å². The topological polar surface area (TPSA) is 16.6 Å². The first-order valence-corrected chi connectivity index (χ1v) is 5.18. The van der Waals surface area contributed by atoms with Crippen molar-refractivity contribution in [2.24, 2.45) is 0 Å². The number of rotatable bonds is 1. The number of nitrogens with two attached hydrogens (primary N) is 1. The summed E-state index contributed by atoms with van der Waals surface area (Å²) in [7, 11) is 0. The van der Waals surface area contributed by atoms with Gasteiger partial charge in [0.15, 0.2) is 0 Å². The highest BCUT2D eigenvalue weighted by molar-refractivity contribution is 5.31. The molecule has 0 unspecified atom stereocenters. The lowest BCUT2D eigenvalue weighted by Crippen LogP contribution is -2.81. The van der Waals surface area contributed by atoms with Crippen molar-refractivity contribution in [1.82, 2.24) is 0 Å². The second kappa shape index (κ2) is 3.51. The molecular formula is C12H18N+. The van der Waals surface area contributed by atoms with Crippen LogP contribution in [0.25, 0.3) is 0 Å². The molecule has 1 atom stereocenters. The maximum Gasteiger partial charge on any atom is 0.112 e. The molecule has 2 N–H and O–H groups in total. The molecule has 0 amide bonds. The third-order valence-corrected chi connectivity index (χ3v) is 3.00. The molecule has 0 aromatic heterocycles. The van der Waals surface area contributed by atoms with Crippen molar-refractivity contribution in [3.05, 3.63) is 34.9 Å². The zero-order chi connectivity index (χ0) is 9.26. The number of benzene rings is 1. The van der Waals surface area contributed by atoms with Crippen molar-refractivity contribution in [2.45, 2.75) is 32.7 Å². The summed E-state index contributed by atoms with van der Waals surface area (Å²) in [5, 5.41) is 2.47. The standard InChI is InChI=1S/C12H17N/c1-9-5-6-11(10(2)8-9)12-4-3-7-13-12/h5-6,8,12-13H,3-4,7H2,1-2H3/p+1/t12-/m0/s1. The molecule has 2 rings (SSSR count). The summed E-state index contributed by atoms with van der Waals surface area (Å²) in [5.41, 5.74) is 4.38. The minimum absolute atomic E-state index is 0.737. The number of hydrogen-bond donors (Lipinski definition) is 1. The Bertz CT molecular complexity index is 298. The van der Waals surface area contributed by atoms with E-state index in [1.165, 1.54) is 30.5 Å². The van der Waals surface area contributed by atoms with Crippen molar-refractivity contribution >= 4 is 0 Å². The highest BCUT2D eigenvalue weighted by Gasteiger charge is 2.21. The first kappa shape index (κ1) is 8.76. The summed E-state index contributed by atoms with van der Waals surface area (Å²) in [4.78, 5) is 0. The Morgan fingerprint density at radius 1 is 1.31 bits per heavy atom. The monoisotopic (exact) mass is 176 g/mol. The van der Waals surface area contributed by atoms with Gasteiger partial charge >= 0.3 is 0 Å². The Kier molecular flexibility index (Phi) is 2.36. The maximum atomic E-state index is 2.47. The molecule has 1 heteroatoms. The third kappa shape index (κ3) is 1.75. The smallest absolute Gasteiger partial charge is 0.112 e.